The fourth-order valence-corrected chi connectivity index (χ4v) is 2.48. The van der Waals surface area contributed by atoms with E-state index in [0.717, 1.165) is 10.0 Å². The van der Waals surface area contributed by atoms with Gasteiger partial charge in [-0.2, -0.15) is 5.10 Å². The van der Waals surface area contributed by atoms with Gasteiger partial charge in [0.05, 0.1) is 18.4 Å². The van der Waals surface area contributed by atoms with Crippen LogP contribution in [0.3, 0.4) is 0 Å². The molecule has 1 amide bonds. The molecule has 0 atom stereocenters. The third-order valence-electron chi connectivity index (χ3n) is 2.89. The number of aryl methyl sites for hydroxylation is 1. The molecule has 0 bridgehead atoms. The van der Waals surface area contributed by atoms with Crippen molar-refractivity contribution in [3.05, 3.63) is 40.6 Å². The molecule has 0 fully saturated rings. The van der Waals surface area contributed by atoms with Gasteiger partial charge in [-0.25, -0.2) is 0 Å². The molecule has 0 saturated heterocycles. The Morgan fingerprint density at radius 2 is 2.29 bits per heavy atom. The fraction of sp³-hybridized carbons (Fsp3) is 0.286. The summed E-state index contributed by atoms with van der Waals surface area (Å²) in [5, 5.41) is 6.96. The van der Waals surface area contributed by atoms with E-state index in [1.165, 1.54) is 0 Å². The van der Waals surface area contributed by atoms with Gasteiger partial charge in [0.25, 0.3) is 0 Å². The molecule has 7 heteroatoms. The summed E-state index contributed by atoms with van der Waals surface area (Å²) in [5.74, 6) is -0.0770. The van der Waals surface area contributed by atoms with Crippen molar-refractivity contribution in [3.63, 3.8) is 0 Å². The lowest BCUT2D eigenvalue weighted by Gasteiger charge is -2.15. The van der Waals surface area contributed by atoms with Crippen LogP contribution in [0.1, 0.15) is 5.56 Å². The lowest BCUT2D eigenvalue weighted by Crippen LogP contribution is -2.29. The standard InChI is InChI=1S/C14H18BrN5O/c1-19(7-10-6-17-20(2)8-10)9-14(21)18-13-4-3-11(16)5-12(13)15/h3-6,8H,7,9,16H2,1-2H3,(H,18,21). The first-order valence-electron chi connectivity index (χ1n) is 6.45. The van der Waals surface area contributed by atoms with Crippen molar-refractivity contribution in [2.45, 2.75) is 6.54 Å². The highest BCUT2D eigenvalue weighted by molar-refractivity contribution is 9.10. The first-order chi connectivity index (χ1) is 9.94. The lowest BCUT2D eigenvalue weighted by atomic mass is 10.3. The zero-order valence-corrected chi connectivity index (χ0v) is 13.6. The van der Waals surface area contributed by atoms with Crippen molar-refractivity contribution in [2.24, 2.45) is 7.05 Å². The lowest BCUT2D eigenvalue weighted by molar-refractivity contribution is -0.117. The molecule has 1 heterocycles. The van der Waals surface area contributed by atoms with Crippen LogP contribution in [-0.4, -0.2) is 34.2 Å². The van der Waals surface area contributed by atoms with E-state index in [0.29, 0.717) is 24.5 Å². The average Bonchev–Trinajstić information content (AvgIpc) is 2.78. The van der Waals surface area contributed by atoms with Gasteiger partial charge >= 0.3 is 0 Å². The molecule has 1 aromatic carbocycles. The highest BCUT2D eigenvalue weighted by atomic mass is 79.9. The number of nitrogens with one attached hydrogen (secondary N) is 1. The number of hydrogen-bond acceptors (Lipinski definition) is 4. The number of aromatic nitrogens is 2. The first kappa shape index (κ1) is 15.5. The highest BCUT2D eigenvalue weighted by Crippen LogP contribution is 2.24. The Kier molecular flexibility index (Phi) is 4.98. The Hall–Kier alpha value is -1.86. The van der Waals surface area contributed by atoms with Crippen molar-refractivity contribution >= 4 is 33.2 Å². The molecule has 0 aliphatic rings. The van der Waals surface area contributed by atoms with E-state index < -0.39 is 0 Å². The van der Waals surface area contributed by atoms with Crippen LogP contribution in [0, 0.1) is 0 Å². The van der Waals surface area contributed by atoms with Crippen LogP contribution in [0.2, 0.25) is 0 Å². The smallest absolute Gasteiger partial charge is 0.238 e. The molecule has 2 aromatic rings. The number of benzene rings is 1. The molecule has 112 valence electrons. The number of carbonyl (C=O) groups is 1. The number of amides is 1. The molecule has 0 aliphatic heterocycles. The molecular formula is C14H18BrN5O. The summed E-state index contributed by atoms with van der Waals surface area (Å²) in [6.07, 6.45) is 3.73. The van der Waals surface area contributed by atoms with Crippen molar-refractivity contribution in [1.29, 1.82) is 0 Å². The molecule has 1 aromatic heterocycles. The van der Waals surface area contributed by atoms with E-state index in [2.05, 4.69) is 26.3 Å². The minimum absolute atomic E-state index is 0.0770. The predicted molar refractivity (Wildman–Crippen MR) is 86.7 cm³/mol. The van der Waals surface area contributed by atoms with Gasteiger partial charge in [0, 0.05) is 35.5 Å². The summed E-state index contributed by atoms with van der Waals surface area (Å²) in [5.41, 5.74) is 8.10. The van der Waals surface area contributed by atoms with Gasteiger partial charge in [-0.15, -0.1) is 0 Å². The Morgan fingerprint density at radius 1 is 1.52 bits per heavy atom. The largest absolute Gasteiger partial charge is 0.399 e. The second kappa shape index (κ2) is 6.73. The van der Waals surface area contributed by atoms with Crippen LogP contribution in [0.5, 0.6) is 0 Å². The van der Waals surface area contributed by atoms with E-state index >= 15 is 0 Å². The van der Waals surface area contributed by atoms with Gasteiger partial charge in [0.15, 0.2) is 0 Å². The van der Waals surface area contributed by atoms with Gasteiger partial charge in [-0.3, -0.25) is 14.4 Å². The Bertz CT molecular complexity index is 640. The second-order valence-electron chi connectivity index (χ2n) is 4.98. The van der Waals surface area contributed by atoms with Crippen LogP contribution in [0.25, 0.3) is 0 Å². The normalized spacial score (nSPS) is 10.9. The Morgan fingerprint density at radius 3 is 2.90 bits per heavy atom. The van der Waals surface area contributed by atoms with Crippen molar-refractivity contribution in [2.75, 3.05) is 24.6 Å². The fourth-order valence-electron chi connectivity index (χ4n) is 1.99. The third-order valence-corrected chi connectivity index (χ3v) is 3.55. The van der Waals surface area contributed by atoms with Gasteiger partial charge in [0.1, 0.15) is 0 Å². The number of carbonyl (C=O) groups excluding carboxylic acids is 1. The number of nitrogen functional groups attached to an aromatic ring is 1. The minimum Gasteiger partial charge on any atom is -0.399 e. The third kappa shape index (κ3) is 4.57. The van der Waals surface area contributed by atoms with Crippen LogP contribution < -0.4 is 11.1 Å². The number of anilines is 2. The minimum atomic E-state index is -0.0770. The quantitative estimate of drug-likeness (QED) is 0.805. The molecule has 0 spiro atoms. The molecule has 6 nitrogen and oxygen atoms in total. The average molecular weight is 352 g/mol. The van der Waals surface area contributed by atoms with Gasteiger partial charge in [-0.1, -0.05) is 0 Å². The summed E-state index contributed by atoms with van der Waals surface area (Å²) < 4.78 is 2.51. The molecule has 3 N–H and O–H groups in total. The summed E-state index contributed by atoms with van der Waals surface area (Å²) in [6, 6.07) is 5.28. The van der Waals surface area contributed by atoms with E-state index in [9.17, 15) is 4.79 Å². The van der Waals surface area contributed by atoms with Crippen LogP contribution in [-0.2, 0) is 18.4 Å². The monoisotopic (exact) mass is 351 g/mol. The van der Waals surface area contributed by atoms with Crippen LogP contribution in [0.15, 0.2) is 35.1 Å². The highest BCUT2D eigenvalue weighted by Gasteiger charge is 2.10. The van der Waals surface area contributed by atoms with E-state index in [-0.39, 0.29) is 5.91 Å². The molecular weight excluding hydrogens is 334 g/mol. The van der Waals surface area contributed by atoms with E-state index in [1.54, 1.807) is 29.1 Å². The van der Waals surface area contributed by atoms with Crippen molar-refractivity contribution in [1.82, 2.24) is 14.7 Å². The number of rotatable bonds is 5. The molecule has 21 heavy (non-hydrogen) atoms. The van der Waals surface area contributed by atoms with Crippen molar-refractivity contribution in [3.8, 4) is 0 Å². The van der Waals surface area contributed by atoms with Crippen molar-refractivity contribution < 1.29 is 4.79 Å². The maximum Gasteiger partial charge on any atom is 0.238 e. The molecule has 0 aliphatic carbocycles. The predicted octanol–water partition coefficient (Wildman–Crippen LogP) is 1.84. The van der Waals surface area contributed by atoms with E-state index in [4.69, 9.17) is 5.73 Å². The molecule has 0 radical (unpaired) electrons. The van der Waals surface area contributed by atoms with Crippen LogP contribution >= 0.6 is 15.9 Å². The van der Waals surface area contributed by atoms with Gasteiger partial charge in [-0.05, 0) is 41.2 Å². The number of nitrogens with two attached hydrogens (primary N) is 1. The number of likely N-dealkylation sites (N-methyl/N-ethyl adjacent to an activating group) is 1. The van der Waals surface area contributed by atoms with Gasteiger partial charge < -0.3 is 11.1 Å². The van der Waals surface area contributed by atoms with Gasteiger partial charge in [0.2, 0.25) is 5.91 Å². The number of halogens is 1. The summed E-state index contributed by atoms with van der Waals surface area (Å²) >= 11 is 3.38. The maximum absolute atomic E-state index is 12.0. The molecule has 2 rings (SSSR count). The zero-order valence-electron chi connectivity index (χ0n) is 12.0. The second-order valence-corrected chi connectivity index (χ2v) is 5.84. The number of hydrogen-bond donors (Lipinski definition) is 2. The Labute approximate surface area is 132 Å². The van der Waals surface area contributed by atoms with E-state index in [1.807, 2.05) is 25.2 Å². The molecule has 0 unspecified atom stereocenters. The SMILES string of the molecule is CN(CC(=O)Nc1ccc(N)cc1Br)Cc1cnn(C)c1. The zero-order chi connectivity index (χ0) is 15.4. The summed E-state index contributed by atoms with van der Waals surface area (Å²) in [6.45, 7) is 0.968. The summed E-state index contributed by atoms with van der Waals surface area (Å²) in [7, 11) is 3.76. The molecule has 0 saturated carbocycles. The van der Waals surface area contributed by atoms with Crippen LogP contribution in [0.4, 0.5) is 11.4 Å². The first-order valence-corrected chi connectivity index (χ1v) is 7.24. The topological polar surface area (TPSA) is 76.2 Å². The Balaban J connectivity index is 1.89. The number of nitrogens with zero attached hydrogens (tertiary/aromatic N) is 3. The maximum atomic E-state index is 12.0. The summed E-state index contributed by atoms with van der Waals surface area (Å²) in [4.78, 5) is 14.0.